The highest BCUT2D eigenvalue weighted by molar-refractivity contribution is 5.86. The molecule has 1 aliphatic rings. The summed E-state index contributed by atoms with van der Waals surface area (Å²) in [7, 11) is 1.88. The molecule has 23 heavy (non-hydrogen) atoms. The van der Waals surface area contributed by atoms with Crippen molar-refractivity contribution >= 4 is 16.9 Å². The van der Waals surface area contributed by atoms with Crippen molar-refractivity contribution in [1.29, 1.82) is 0 Å². The zero-order valence-electron chi connectivity index (χ0n) is 13.0. The zero-order chi connectivity index (χ0) is 15.6. The number of nitrogens with zero attached hydrogens (tertiary/aromatic N) is 4. The van der Waals surface area contributed by atoms with Crippen LogP contribution in [0.15, 0.2) is 42.9 Å². The number of aromatic nitrogens is 4. The van der Waals surface area contributed by atoms with Crippen LogP contribution in [0.1, 0.15) is 19.3 Å². The van der Waals surface area contributed by atoms with Gasteiger partial charge in [-0.05, 0) is 31.4 Å². The second-order valence-corrected chi connectivity index (χ2v) is 5.88. The van der Waals surface area contributed by atoms with E-state index in [0.717, 1.165) is 41.9 Å². The summed E-state index contributed by atoms with van der Waals surface area (Å²) in [5.74, 6) is 1.75. The first-order valence-electron chi connectivity index (χ1n) is 7.92. The van der Waals surface area contributed by atoms with Gasteiger partial charge in [0.2, 0.25) is 0 Å². The fraction of sp³-hybridized carbons (Fsp3) is 0.353. The molecular formula is C17H19N5O. The molecule has 0 bridgehead atoms. The summed E-state index contributed by atoms with van der Waals surface area (Å²) in [6.07, 6.45) is 6.81. The topological polar surface area (TPSA) is 64.9 Å². The van der Waals surface area contributed by atoms with E-state index < -0.39 is 0 Å². The van der Waals surface area contributed by atoms with Gasteiger partial charge >= 0.3 is 0 Å². The number of nitrogens with one attached hydrogen (secondary N) is 1. The Hall–Kier alpha value is -2.63. The normalized spacial score (nSPS) is 20.7. The van der Waals surface area contributed by atoms with Gasteiger partial charge in [-0.1, -0.05) is 18.2 Å². The Balaban J connectivity index is 1.55. The quantitative estimate of drug-likeness (QED) is 0.803. The number of ether oxygens (including phenoxy) is 1. The third-order valence-corrected chi connectivity index (χ3v) is 4.33. The van der Waals surface area contributed by atoms with Gasteiger partial charge in [-0.15, -0.1) is 0 Å². The molecule has 1 N–H and O–H groups in total. The lowest BCUT2D eigenvalue weighted by molar-refractivity contribution is 0.198. The predicted molar refractivity (Wildman–Crippen MR) is 88.4 cm³/mol. The maximum Gasteiger partial charge on any atom is 0.163 e. The van der Waals surface area contributed by atoms with Gasteiger partial charge in [-0.2, -0.15) is 5.10 Å². The van der Waals surface area contributed by atoms with Crippen molar-refractivity contribution in [3.05, 3.63) is 42.9 Å². The molecule has 4 rings (SSSR count). The fourth-order valence-electron chi connectivity index (χ4n) is 3.16. The van der Waals surface area contributed by atoms with E-state index in [9.17, 15) is 0 Å². The van der Waals surface area contributed by atoms with Crippen LogP contribution in [-0.4, -0.2) is 31.9 Å². The predicted octanol–water partition coefficient (Wildman–Crippen LogP) is 2.78. The lowest BCUT2D eigenvalue weighted by Gasteiger charge is -2.23. The maximum atomic E-state index is 6.15. The Labute approximate surface area is 134 Å². The minimum atomic E-state index is 0.152. The van der Waals surface area contributed by atoms with Crippen LogP contribution in [0.3, 0.4) is 0 Å². The minimum Gasteiger partial charge on any atom is -0.488 e. The molecule has 0 saturated heterocycles. The monoisotopic (exact) mass is 309 g/mol. The van der Waals surface area contributed by atoms with Crippen molar-refractivity contribution in [2.45, 2.75) is 31.4 Å². The smallest absolute Gasteiger partial charge is 0.163 e. The van der Waals surface area contributed by atoms with Gasteiger partial charge in [-0.25, -0.2) is 9.97 Å². The number of aryl methyl sites for hydroxylation is 1. The van der Waals surface area contributed by atoms with E-state index in [2.05, 4.69) is 20.4 Å². The molecule has 2 heterocycles. The SMILES string of the molecule is Cn1ncc2c(N[C@H]3CCC[C@@H]3Oc3ccccc3)ncnc21. The maximum absolute atomic E-state index is 6.15. The molecule has 0 unspecified atom stereocenters. The van der Waals surface area contributed by atoms with Crippen molar-refractivity contribution < 1.29 is 4.74 Å². The first-order valence-corrected chi connectivity index (χ1v) is 7.92. The summed E-state index contributed by atoms with van der Waals surface area (Å²) in [5, 5.41) is 8.74. The fourth-order valence-corrected chi connectivity index (χ4v) is 3.16. The number of para-hydroxylation sites is 1. The summed E-state index contributed by atoms with van der Waals surface area (Å²) in [6, 6.07) is 10.2. The van der Waals surface area contributed by atoms with E-state index in [1.165, 1.54) is 0 Å². The molecule has 1 saturated carbocycles. The average Bonchev–Trinajstić information content (AvgIpc) is 3.17. The Morgan fingerprint density at radius 3 is 2.91 bits per heavy atom. The molecule has 3 aromatic rings. The van der Waals surface area contributed by atoms with Gasteiger partial charge < -0.3 is 10.1 Å². The largest absolute Gasteiger partial charge is 0.488 e. The Kier molecular flexibility index (Phi) is 3.57. The van der Waals surface area contributed by atoms with Crippen LogP contribution >= 0.6 is 0 Å². The highest BCUT2D eigenvalue weighted by Crippen LogP contribution is 2.28. The molecule has 0 radical (unpaired) electrons. The lowest BCUT2D eigenvalue weighted by Crippen LogP contribution is -2.33. The molecule has 118 valence electrons. The van der Waals surface area contributed by atoms with Crippen LogP contribution in [0.25, 0.3) is 11.0 Å². The third kappa shape index (κ3) is 2.72. The highest BCUT2D eigenvalue weighted by atomic mass is 16.5. The van der Waals surface area contributed by atoms with E-state index in [-0.39, 0.29) is 12.1 Å². The van der Waals surface area contributed by atoms with E-state index >= 15 is 0 Å². The number of hydrogen-bond donors (Lipinski definition) is 1. The molecule has 0 amide bonds. The molecular weight excluding hydrogens is 290 g/mol. The van der Waals surface area contributed by atoms with Gasteiger partial charge in [0, 0.05) is 7.05 Å². The van der Waals surface area contributed by atoms with Gasteiger partial charge in [0.05, 0.1) is 17.6 Å². The van der Waals surface area contributed by atoms with Crippen LogP contribution in [0.2, 0.25) is 0 Å². The Morgan fingerprint density at radius 1 is 1.17 bits per heavy atom. The molecule has 2 atom stereocenters. The second kappa shape index (κ2) is 5.87. The zero-order valence-corrected chi connectivity index (χ0v) is 13.0. The van der Waals surface area contributed by atoms with Crippen molar-refractivity contribution in [2.75, 3.05) is 5.32 Å². The molecule has 1 fully saturated rings. The van der Waals surface area contributed by atoms with E-state index in [4.69, 9.17) is 4.74 Å². The number of hydrogen-bond acceptors (Lipinski definition) is 5. The number of benzene rings is 1. The summed E-state index contributed by atoms with van der Waals surface area (Å²) in [6.45, 7) is 0. The van der Waals surface area contributed by atoms with Gasteiger partial charge in [0.1, 0.15) is 24.0 Å². The molecule has 6 nitrogen and oxygen atoms in total. The molecule has 0 spiro atoms. The molecule has 1 aliphatic carbocycles. The Morgan fingerprint density at radius 2 is 2.04 bits per heavy atom. The van der Waals surface area contributed by atoms with Crippen LogP contribution < -0.4 is 10.1 Å². The second-order valence-electron chi connectivity index (χ2n) is 5.88. The molecule has 1 aromatic carbocycles. The molecule has 2 aromatic heterocycles. The summed E-state index contributed by atoms with van der Waals surface area (Å²) in [4.78, 5) is 8.67. The average molecular weight is 309 g/mol. The minimum absolute atomic E-state index is 0.152. The number of rotatable bonds is 4. The summed E-state index contributed by atoms with van der Waals surface area (Å²) in [5.41, 5.74) is 0.834. The summed E-state index contributed by atoms with van der Waals surface area (Å²) >= 11 is 0. The van der Waals surface area contributed by atoms with Crippen LogP contribution in [-0.2, 0) is 7.05 Å². The molecule has 0 aliphatic heterocycles. The van der Waals surface area contributed by atoms with Crippen molar-refractivity contribution in [3.8, 4) is 5.75 Å². The number of fused-ring (bicyclic) bond motifs is 1. The third-order valence-electron chi connectivity index (χ3n) is 4.33. The standard InChI is InChI=1S/C17H19N5O/c1-22-17-13(10-20-22)16(18-11-19-17)21-14-8-5-9-15(14)23-12-6-3-2-4-7-12/h2-4,6-7,10-11,14-15H,5,8-9H2,1H3,(H,18,19,21)/t14-,15-/m0/s1. The van der Waals surface area contributed by atoms with Crippen LogP contribution in [0.5, 0.6) is 5.75 Å². The lowest BCUT2D eigenvalue weighted by atomic mass is 10.2. The van der Waals surface area contributed by atoms with Gasteiger partial charge in [-0.3, -0.25) is 4.68 Å². The van der Waals surface area contributed by atoms with Crippen molar-refractivity contribution in [2.24, 2.45) is 7.05 Å². The van der Waals surface area contributed by atoms with Crippen LogP contribution in [0.4, 0.5) is 5.82 Å². The van der Waals surface area contributed by atoms with Crippen molar-refractivity contribution in [1.82, 2.24) is 19.7 Å². The van der Waals surface area contributed by atoms with Gasteiger partial charge in [0.15, 0.2) is 5.65 Å². The molecule has 6 heteroatoms. The first-order chi connectivity index (χ1) is 11.3. The number of anilines is 1. The van der Waals surface area contributed by atoms with Gasteiger partial charge in [0.25, 0.3) is 0 Å². The highest BCUT2D eigenvalue weighted by Gasteiger charge is 2.29. The van der Waals surface area contributed by atoms with E-state index in [1.807, 2.05) is 37.4 Å². The first kappa shape index (κ1) is 14.0. The Bertz CT molecular complexity index is 801. The van der Waals surface area contributed by atoms with E-state index in [0.29, 0.717) is 0 Å². The summed E-state index contributed by atoms with van der Waals surface area (Å²) < 4.78 is 7.91. The van der Waals surface area contributed by atoms with Crippen LogP contribution in [0, 0.1) is 0 Å². The van der Waals surface area contributed by atoms with Crippen molar-refractivity contribution in [3.63, 3.8) is 0 Å². The van der Waals surface area contributed by atoms with E-state index in [1.54, 1.807) is 17.2 Å².